The molecule has 30 heavy (non-hydrogen) atoms. The topological polar surface area (TPSA) is 86.2 Å². The van der Waals surface area contributed by atoms with Crippen LogP contribution in [0.2, 0.25) is 0 Å². The summed E-state index contributed by atoms with van der Waals surface area (Å²) < 4.78 is 26.5. The van der Waals surface area contributed by atoms with E-state index in [2.05, 4.69) is 6.92 Å². The molecule has 1 atom stereocenters. The maximum absolute atomic E-state index is 13.3. The van der Waals surface area contributed by atoms with E-state index in [9.17, 15) is 18.4 Å². The summed E-state index contributed by atoms with van der Waals surface area (Å²) in [6.45, 7) is 2.13. The molecule has 0 saturated carbocycles. The summed E-state index contributed by atoms with van der Waals surface area (Å²) in [5, 5.41) is 0. The van der Waals surface area contributed by atoms with Crippen LogP contribution in [0.1, 0.15) is 72.6 Å². The summed E-state index contributed by atoms with van der Waals surface area (Å²) in [6.07, 6.45) is 6.34. The van der Waals surface area contributed by atoms with Crippen LogP contribution in [0.3, 0.4) is 0 Å². The second kappa shape index (κ2) is 11.1. The largest absolute Gasteiger partial charge is 0.306 e. The van der Waals surface area contributed by atoms with Crippen LogP contribution in [0.25, 0.3) is 0 Å². The van der Waals surface area contributed by atoms with E-state index in [1.165, 1.54) is 36.4 Å². The number of halogens is 2. The van der Waals surface area contributed by atoms with Crippen LogP contribution < -0.4 is 11.5 Å². The van der Waals surface area contributed by atoms with Gasteiger partial charge in [-0.2, -0.15) is 0 Å². The molecule has 0 bridgehead atoms. The summed E-state index contributed by atoms with van der Waals surface area (Å²) in [6, 6.07) is 10.0. The minimum Gasteiger partial charge on any atom is -0.306 e. The predicted molar refractivity (Wildman–Crippen MR) is 114 cm³/mol. The highest BCUT2D eigenvalue weighted by Gasteiger charge is 2.42. The minimum absolute atomic E-state index is 0.140. The van der Waals surface area contributed by atoms with E-state index in [1.54, 1.807) is 0 Å². The first-order valence-corrected chi connectivity index (χ1v) is 10.4. The summed E-state index contributed by atoms with van der Waals surface area (Å²) >= 11 is 0. The molecule has 1 unspecified atom stereocenters. The molecule has 6 heteroatoms. The van der Waals surface area contributed by atoms with Gasteiger partial charge in [-0.25, -0.2) is 8.78 Å². The van der Waals surface area contributed by atoms with E-state index < -0.39 is 34.8 Å². The van der Waals surface area contributed by atoms with Crippen molar-refractivity contribution in [1.29, 1.82) is 0 Å². The highest BCUT2D eigenvalue weighted by molar-refractivity contribution is 6.08. The Morgan fingerprint density at radius 2 is 1.27 bits per heavy atom. The monoisotopic (exact) mass is 416 g/mol. The zero-order chi connectivity index (χ0) is 22.1. The van der Waals surface area contributed by atoms with E-state index in [1.807, 2.05) is 0 Å². The maximum Gasteiger partial charge on any atom is 0.197 e. The number of Topliss-reactive ketones (excluding diaryl/α,β-unsaturated/α-hetero) is 2. The molecule has 2 rings (SSSR count). The fraction of sp³-hybridized carbons (Fsp3) is 0.417. The summed E-state index contributed by atoms with van der Waals surface area (Å²) in [5.41, 5.74) is 10.9. The molecule has 162 valence electrons. The molecule has 0 aliphatic rings. The van der Waals surface area contributed by atoms with E-state index >= 15 is 0 Å². The minimum atomic E-state index is -1.97. The van der Waals surface area contributed by atoms with Gasteiger partial charge in [-0.05, 0) is 55.0 Å². The van der Waals surface area contributed by atoms with Crippen molar-refractivity contribution >= 4 is 11.6 Å². The molecule has 0 aromatic heterocycles. The molecule has 4 nitrogen and oxygen atoms in total. The number of hydrogen-bond donors (Lipinski definition) is 2. The Kier molecular flexibility index (Phi) is 8.81. The predicted octanol–water partition coefficient (Wildman–Crippen LogP) is 5.01. The third kappa shape index (κ3) is 6.28. The van der Waals surface area contributed by atoms with Gasteiger partial charge in [0.25, 0.3) is 0 Å². The standard InChI is InChI=1S/C24H30F2N2O2/c1-2-3-4-5-6-7-8-21(22(29)17-9-13-19(25)14-10-17)24(27,28)23(30)18-11-15-20(26)16-12-18/h9-16,21H,2-8,27-28H2,1H3. The van der Waals surface area contributed by atoms with E-state index in [-0.39, 0.29) is 11.1 Å². The summed E-state index contributed by atoms with van der Waals surface area (Å²) in [4.78, 5) is 26.2. The average molecular weight is 417 g/mol. The molecular formula is C24H30F2N2O2. The zero-order valence-corrected chi connectivity index (χ0v) is 17.4. The first kappa shape index (κ1) is 23.8. The van der Waals surface area contributed by atoms with Crippen LogP contribution in [-0.2, 0) is 0 Å². The number of carbonyl (C=O) groups is 2. The van der Waals surface area contributed by atoms with Crippen LogP contribution in [0.4, 0.5) is 8.78 Å². The second-order valence-electron chi connectivity index (χ2n) is 7.75. The van der Waals surface area contributed by atoms with Crippen LogP contribution in [0, 0.1) is 17.6 Å². The number of rotatable bonds is 12. The molecule has 0 amide bonds. The van der Waals surface area contributed by atoms with E-state index in [0.717, 1.165) is 44.2 Å². The number of nitrogens with two attached hydrogens (primary N) is 2. The van der Waals surface area contributed by atoms with Gasteiger partial charge in [0.2, 0.25) is 0 Å². The number of unbranched alkanes of at least 4 members (excludes halogenated alkanes) is 5. The highest BCUT2D eigenvalue weighted by atomic mass is 19.1. The molecular weight excluding hydrogens is 386 g/mol. The van der Waals surface area contributed by atoms with Crippen LogP contribution >= 0.6 is 0 Å². The highest BCUT2D eigenvalue weighted by Crippen LogP contribution is 2.26. The van der Waals surface area contributed by atoms with Crippen molar-refractivity contribution < 1.29 is 18.4 Å². The van der Waals surface area contributed by atoms with Crippen molar-refractivity contribution in [3.05, 3.63) is 71.3 Å². The smallest absolute Gasteiger partial charge is 0.197 e. The van der Waals surface area contributed by atoms with Gasteiger partial charge >= 0.3 is 0 Å². The molecule has 0 spiro atoms. The van der Waals surface area contributed by atoms with Crippen LogP contribution in [-0.4, -0.2) is 17.2 Å². The summed E-state index contributed by atoms with van der Waals surface area (Å²) in [5.74, 6) is -2.96. The molecule has 2 aromatic rings. The van der Waals surface area contributed by atoms with Crippen LogP contribution in [0.15, 0.2) is 48.5 Å². The lowest BCUT2D eigenvalue weighted by Gasteiger charge is -2.32. The third-order valence-corrected chi connectivity index (χ3v) is 5.37. The normalized spacial score (nSPS) is 12.6. The maximum atomic E-state index is 13.3. The van der Waals surface area contributed by atoms with E-state index in [4.69, 9.17) is 11.5 Å². The van der Waals surface area contributed by atoms with Gasteiger partial charge in [0.05, 0.1) is 5.92 Å². The fourth-order valence-electron chi connectivity index (χ4n) is 3.54. The first-order valence-electron chi connectivity index (χ1n) is 10.4. The Morgan fingerprint density at radius 3 is 1.80 bits per heavy atom. The van der Waals surface area contributed by atoms with Crippen molar-refractivity contribution in [2.45, 2.75) is 57.5 Å². The number of hydrogen-bond acceptors (Lipinski definition) is 4. The molecule has 2 aromatic carbocycles. The molecule has 0 aliphatic heterocycles. The first-order chi connectivity index (χ1) is 14.3. The van der Waals surface area contributed by atoms with Gasteiger partial charge in [0.15, 0.2) is 11.6 Å². The van der Waals surface area contributed by atoms with Crippen LogP contribution in [0.5, 0.6) is 0 Å². The second-order valence-corrected chi connectivity index (χ2v) is 7.75. The Labute approximate surface area is 176 Å². The van der Waals surface area contributed by atoms with Gasteiger partial charge in [-0.1, -0.05) is 45.4 Å². The SMILES string of the molecule is CCCCCCCCC(C(=O)c1ccc(F)cc1)C(N)(N)C(=O)c1ccc(F)cc1. The zero-order valence-electron chi connectivity index (χ0n) is 17.4. The lowest BCUT2D eigenvalue weighted by atomic mass is 9.78. The molecule has 0 radical (unpaired) electrons. The Balaban J connectivity index is 2.23. The van der Waals surface area contributed by atoms with Gasteiger partial charge in [0.1, 0.15) is 17.3 Å². The number of benzene rings is 2. The Morgan fingerprint density at radius 1 is 0.800 bits per heavy atom. The molecule has 0 fully saturated rings. The van der Waals surface area contributed by atoms with E-state index in [0.29, 0.717) is 12.8 Å². The number of ketones is 2. The van der Waals surface area contributed by atoms with Crippen molar-refractivity contribution in [1.82, 2.24) is 0 Å². The lowest BCUT2D eigenvalue weighted by molar-refractivity contribution is 0.0713. The Bertz CT molecular complexity index is 833. The number of carbonyl (C=O) groups excluding carboxylic acids is 2. The lowest BCUT2D eigenvalue weighted by Crippen LogP contribution is -2.63. The third-order valence-electron chi connectivity index (χ3n) is 5.37. The molecule has 0 saturated heterocycles. The van der Waals surface area contributed by atoms with Crippen molar-refractivity contribution in [3.8, 4) is 0 Å². The van der Waals surface area contributed by atoms with Crippen molar-refractivity contribution in [2.24, 2.45) is 17.4 Å². The molecule has 0 aliphatic carbocycles. The Hall–Kier alpha value is -2.44. The van der Waals surface area contributed by atoms with Crippen molar-refractivity contribution in [2.75, 3.05) is 0 Å². The van der Waals surface area contributed by atoms with Crippen molar-refractivity contribution in [3.63, 3.8) is 0 Å². The van der Waals surface area contributed by atoms with Gasteiger partial charge in [-0.3, -0.25) is 9.59 Å². The van der Waals surface area contributed by atoms with Gasteiger partial charge < -0.3 is 11.5 Å². The quantitative estimate of drug-likeness (QED) is 0.289. The van der Waals surface area contributed by atoms with Gasteiger partial charge in [-0.15, -0.1) is 0 Å². The van der Waals surface area contributed by atoms with Gasteiger partial charge in [0, 0.05) is 11.1 Å². The molecule has 4 N–H and O–H groups in total. The average Bonchev–Trinajstić information content (AvgIpc) is 2.73. The molecule has 0 heterocycles. The summed E-state index contributed by atoms with van der Waals surface area (Å²) in [7, 11) is 0. The fourth-order valence-corrected chi connectivity index (χ4v) is 3.54.